The fraction of sp³-hybridized carbons (Fsp3) is 0.143. The average Bonchev–Trinajstić information content (AvgIpc) is 3.21. The number of aryl methyl sites for hydroxylation is 3. The number of thiophene rings is 1. The Morgan fingerprint density at radius 2 is 1.74 bits per heavy atom. The number of ether oxygens (including phenoxy) is 1. The van der Waals surface area contributed by atoms with Crippen LogP contribution in [-0.2, 0) is 0 Å². The third kappa shape index (κ3) is 3.31. The number of rotatable bonds is 3. The molecule has 0 saturated carbocycles. The number of fused-ring (bicyclic) bond motifs is 1. The third-order valence-electron chi connectivity index (χ3n) is 4.37. The zero-order chi connectivity index (χ0) is 19.1. The van der Waals surface area contributed by atoms with E-state index in [1.54, 1.807) is 0 Å². The molecule has 0 aliphatic heterocycles. The van der Waals surface area contributed by atoms with Gasteiger partial charge >= 0.3 is 5.97 Å². The number of hydrogen-bond donors (Lipinski definition) is 0. The molecule has 0 aliphatic rings. The van der Waals surface area contributed by atoms with Gasteiger partial charge in [0, 0.05) is 9.86 Å². The quantitative estimate of drug-likeness (QED) is 0.290. The van der Waals surface area contributed by atoms with Crippen molar-refractivity contribution in [2.24, 2.45) is 0 Å². The van der Waals surface area contributed by atoms with E-state index >= 15 is 0 Å². The maximum Gasteiger partial charge on any atom is 0.353 e. The molecule has 2 heterocycles. The minimum atomic E-state index is -0.351. The zero-order valence-electron chi connectivity index (χ0n) is 15.1. The number of aromatic nitrogens is 2. The molecular weight excluding hydrogens is 424 g/mol. The van der Waals surface area contributed by atoms with Crippen LogP contribution in [0, 0.1) is 20.8 Å². The van der Waals surface area contributed by atoms with Crippen molar-refractivity contribution in [1.82, 2.24) is 9.78 Å². The first-order valence-corrected chi connectivity index (χ1v) is 10.1. The lowest BCUT2D eigenvalue weighted by atomic mass is 10.1. The van der Waals surface area contributed by atoms with Crippen LogP contribution < -0.4 is 4.74 Å². The molecule has 6 heteroatoms. The van der Waals surface area contributed by atoms with E-state index in [-0.39, 0.29) is 5.97 Å². The number of carbonyl (C=O) groups is 1. The van der Waals surface area contributed by atoms with Gasteiger partial charge in [0.15, 0.2) is 0 Å². The summed E-state index contributed by atoms with van der Waals surface area (Å²) in [6.45, 7) is 5.91. The van der Waals surface area contributed by atoms with Crippen molar-refractivity contribution in [2.75, 3.05) is 0 Å². The molecule has 27 heavy (non-hydrogen) atoms. The summed E-state index contributed by atoms with van der Waals surface area (Å²) < 4.78 is 8.53. The Labute approximate surface area is 169 Å². The van der Waals surface area contributed by atoms with Crippen LogP contribution in [0.2, 0.25) is 0 Å². The second kappa shape index (κ2) is 6.94. The van der Waals surface area contributed by atoms with Crippen molar-refractivity contribution in [2.45, 2.75) is 20.8 Å². The largest absolute Gasteiger partial charge is 0.422 e. The number of carbonyl (C=O) groups excluding carboxylic acids is 1. The van der Waals surface area contributed by atoms with Crippen molar-refractivity contribution in [3.8, 4) is 11.4 Å². The lowest BCUT2D eigenvalue weighted by Crippen LogP contribution is -2.07. The van der Waals surface area contributed by atoms with Gasteiger partial charge in [0.1, 0.15) is 15.5 Å². The van der Waals surface area contributed by atoms with E-state index in [4.69, 9.17) is 4.74 Å². The molecule has 2 aromatic heterocycles. The Morgan fingerprint density at radius 3 is 2.41 bits per heavy atom. The van der Waals surface area contributed by atoms with Gasteiger partial charge in [0.05, 0.1) is 11.4 Å². The molecular formula is C21H17BrN2O2S. The molecule has 0 saturated heterocycles. The van der Waals surface area contributed by atoms with Crippen molar-refractivity contribution >= 4 is 43.5 Å². The highest BCUT2D eigenvalue weighted by Gasteiger charge is 2.19. The Morgan fingerprint density at radius 1 is 1.07 bits per heavy atom. The molecule has 0 aliphatic carbocycles. The van der Waals surface area contributed by atoms with Gasteiger partial charge in [-0.2, -0.15) is 5.10 Å². The summed E-state index contributed by atoms with van der Waals surface area (Å²) in [7, 11) is 0. The minimum Gasteiger partial charge on any atom is -0.422 e. The van der Waals surface area contributed by atoms with Crippen LogP contribution in [0.5, 0.6) is 5.75 Å². The first-order chi connectivity index (χ1) is 12.9. The average molecular weight is 441 g/mol. The maximum absolute atomic E-state index is 12.7. The van der Waals surface area contributed by atoms with E-state index in [1.165, 1.54) is 11.3 Å². The van der Waals surface area contributed by atoms with E-state index in [1.807, 2.05) is 74.0 Å². The van der Waals surface area contributed by atoms with Crippen LogP contribution in [0.3, 0.4) is 0 Å². The topological polar surface area (TPSA) is 44.1 Å². The van der Waals surface area contributed by atoms with Gasteiger partial charge in [-0.1, -0.05) is 34.1 Å². The molecule has 2 aromatic carbocycles. The SMILES string of the molecule is Cc1cc(OC(=O)c2cc3c(C)nn(-c4ccccc4)c3s2)cc(C)c1Br. The van der Waals surface area contributed by atoms with Gasteiger partial charge in [-0.3, -0.25) is 0 Å². The summed E-state index contributed by atoms with van der Waals surface area (Å²) in [6.07, 6.45) is 0. The van der Waals surface area contributed by atoms with E-state index in [9.17, 15) is 4.79 Å². The van der Waals surface area contributed by atoms with Gasteiger partial charge < -0.3 is 4.74 Å². The number of para-hydroxylation sites is 1. The number of esters is 1. The standard InChI is InChI=1S/C21H17BrN2O2S/c1-12-9-16(10-13(2)19(12)22)26-21(25)18-11-17-14(3)23-24(20(17)27-18)15-7-5-4-6-8-15/h4-11H,1-3H3. The lowest BCUT2D eigenvalue weighted by Gasteiger charge is -2.08. The molecule has 4 aromatic rings. The highest BCUT2D eigenvalue weighted by Crippen LogP contribution is 2.32. The fourth-order valence-corrected chi connectivity index (χ4v) is 4.30. The molecule has 0 atom stereocenters. The van der Waals surface area contributed by atoms with E-state index in [0.29, 0.717) is 10.6 Å². The van der Waals surface area contributed by atoms with Crippen LogP contribution in [0.4, 0.5) is 0 Å². The number of halogens is 1. The van der Waals surface area contributed by atoms with E-state index in [2.05, 4.69) is 21.0 Å². The Bertz CT molecular complexity index is 1140. The smallest absolute Gasteiger partial charge is 0.353 e. The zero-order valence-corrected chi connectivity index (χ0v) is 17.5. The Balaban J connectivity index is 1.69. The van der Waals surface area contributed by atoms with Crippen LogP contribution in [0.1, 0.15) is 26.5 Å². The molecule has 0 radical (unpaired) electrons. The van der Waals surface area contributed by atoms with Crippen LogP contribution >= 0.6 is 27.3 Å². The van der Waals surface area contributed by atoms with Crippen molar-refractivity contribution in [3.05, 3.63) is 74.7 Å². The highest BCUT2D eigenvalue weighted by atomic mass is 79.9. The summed E-state index contributed by atoms with van der Waals surface area (Å²) in [5, 5.41) is 5.58. The second-order valence-corrected chi connectivity index (χ2v) is 8.25. The molecule has 0 fully saturated rings. The van der Waals surface area contributed by atoms with Gasteiger partial charge in [-0.05, 0) is 62.2 Å². The summed E-state index contributed by atoms with van der Waals surface area (Å²) in [5.41, 5.74) is 3.92. The fourth-order valence-electron chi connectivity index (χ4n) is 3.01. The summed E-state index contributed by atoms with van der Waals surface area (Å²) in [6, 6.07) is 15.5. The monoisotopic (exact) mass is 440 g/mol. The molecule has 0 spiro atoms. The molecule has 0 N–H and O–H groups in total. The van der Waals surface area contributed by atoms with Crippen LogP contribution in [0.25, 0.3) is 15.9 Å². The minimum absolute atomic E-state index is 0.351. The van der Waals surface area contributed by atoms with Crippen LogP contribution in [0.15, 0.2) is 53.0 Å². The van der Waals surface area contributed by atoms with Gasteiger partial charge in [-0.25, -0.2) is 9.48 Å². The molecule has 4 nitrogen and oxygen atoms in total. The van der Waals surface area contributed by atoms with Crippen molar-refractivity contribution < 1.29 is 9.53 Å². The predicted molar refractivity (Wildman–Crippen MR) is 112 cm³/mol. The predicted octanol–water partition coefficient (Wildman–Crippen LogP) is 5.99. The lowest BCUT2D eigenvalue weighted by molar-refractivity contribution is 0.0740. The van der Waals surface area contributed by atoms with Crippen LogP contribution in [-0.4, -0.2) is 15.7 Å². The van der Waals surface area contributed by atoms with E-state index < -0.39 is 0 Å². The van der Waals surface area contributed by atoms with Gasteiger partial charge in [-0.15, -0.1) is 11.3 Å². The summed E-state index contributed by atoms with van der Waals surface area (Å²) >= 11 is 4.93. The molecule has 0 unspecified atom stereocenters. The Hall–Kier alpha value is -2.44. The normalized spacial score (nSPS) is 11.1. The number of benzene rings is 2. The van der Waals surface area contributed by atoms with Crippen molar-refractivity contribution in [3.63, 3.8) is 0 Å². The molecule has 4 rings (SSSR count). The number of nitrogens with zero attached hydrogens (tertiary/aromatic N) is 2. The molecule has 0 amide bonds. The van der Waals surface area contributed by atoms with Gasteiger partial charge in [0.2, 0.25) is 0 Å². The number of hydrogen-bond acceptors (Lipinski definition) is 4. The first-order valence-electron chi connectivity index (χ1n) is 8.47. The first kappa shape index (κ1) is 17.9. The summed E-state index contributed by atoms with van der Waals surface area (Å²) in [4.78, 5) is 14.2. The molecule has 0 bridgehead atoms. The summed E-state index contributed by atoms with van der Waals surface area (Å²) in [5.74, 6) is 0.202. The molecule has 136 valence electrons. The van der Waals surface area contributed by atoms with Gasteiger partial charge in [0.25, 0.3) is 0 Å². The third-order valence-corrected chi connectivity index (χ3v) is 6.71. The highest BCUT2D eigenvalue weighted by molar-refractivity contribution is 9.10. The van der Waals surface area contributed by atoms with E-state index in [0.717, 1.165) is 37.2 Å². The maximum atomic E-state index is 12.7. The Kier molecular flexibility index (Phi) is 4.61. The van der Waals surface area contributed by atoms with Crippen molar-refractivity contribution in [1.29, 1.82) is 0 Å². The second-order valence-electron chi connectivity index (χ2n) is 6.42.